The van der Waals surface area contributed by atoms with Gasteiger partial charge in [-0.25, -0.2) is 8.78 Å². The molecule has 0 bridgehead atoms. The van der Waals surface area contributed by atoms with E-state index in [9.17, 15) is 18.0 Å². The zero-order valence-corrected chi connectivity index (χ0v) is 12.8. The van der Waals surface area contributed by atoms with Gasteiger partial charge in [0.25, 0.3) is 0 Å². The third-order valence-corrected chi connectivity index (χ3v) is 4.41. The van der Waals surface area contributed by atoms with E-state index in [0.29, 0.717) is 0 Å². The first-order valence-electron chi connectivity index (χ1n) is 6.44. The zero-order chi connectivity index (χ0) is 16.8. The predicted octanol–water partition coefficient (Wildman–Crippen LogP) is 4.05. The Hall–Kier alpha value is -1.69. The number of methoxy groups -OCH3 is 1. The summed E-state index contributed by atoms with van der Waals surface area (Å²) in [5.74, 6) is -6.85. The molecule has 0 saturated heterocycles. The van der Waals surface area contributed by atoms with Crippen molar-refractivity contribution in [3.63, 3.8) is 0 Å². The number of hydrogen-bond acceptors (Lipinski definition) is 2. The Kier molecular flexibility index (Phi) is 4.17. The normalized spacial score (nSPS) is 23.3. The molecule has 2 rings (SSSR count). The summed E-state index contributed by atoms with van der Waals surface area (Å²) < 4.78 is 45.7. The predicted molar refractivity (Wildman–Crippen MR) is 75.1 cm³/mol. The molecular weight excluding hydrogens is 321 g/mol. The van der Waals surface area contributed by atoms with E-state index in [0.717, 1.165) is 13.2 Å². The van der Waals surface area contributed by atoms with Gasteiger partial charge in [0.1, 0.15) is 0 Å². The lowest BCUT2D eigenvalue weighted by atomic mass is 10.1. The lowest BCUT2D eigenvalue weighted by molar-refractivity contribution is -0.139. The Morgan fingerprint density at radius 3 is 2.41 bits per heavy atom. The maximum atomic E-state index is 13.9. The van der Waals surface area contributed by atoms with Crippen molar-refractivity contribution in [3.05, 3.63) is 35.2 Å². The van der Waals surface area contributed by atoms with E-state index >= 15 is 0 Å². The molecule has 1 N–H and O–H groups in total. The summed E-state index contributed by atoms with van der Waals surface area (Å²) in [5.41, 5.74) is -1.02. The number of aliphatic carboxylic acids is 1. The molecule has 1 fully saturated rings. The van der Waals surface area contributed by atoms with Crippen LogP contribution in [0.3, 0.4) is 0 Å². The Balaban J connectivity index is 2.41. The average Bonchev–Trinajstić information content (AvgIpc) is 2.95. The summed E-state index contributed by atoms with van der Waals surface area (Å²) in [7, 11) is 1.02. The van der Waals surface area contributed by atoms with Gasteiger partial charge in [0, 0.05) is 10.6 Å². The van der Waals surface area contributed by atoms with E-state index in [1.807, 2.05) is 0 Å². The van der Waals surface area contributed by atoms with Crippen molar-refractivity contribution < 1.29 is 27.8 Å². The second kappa shape index (κ2) is 5.50. The molecular formula is C15H14ClF3O3. The van der Waals surface area contributed by atoms with Gasteiger partial charge in [0.05, 0.1) is 13.0 Å². The van der Waals surface area contributed by atoms with Gasteiger partial charge >= 0.3 is 5.97 Å². The van der Waals surface area contributed by atoms with Gasteiger partial charge in [-0.1, -0.05) is 31.5 Å². The van der Waals surface area contributed by atoms with Gasteiger partial charge in [-0.15, -0.1) is 0 Å². The standard InChI is InChI=1S/C15H14ClF3O3/c1-15(2)7(10(15)14(20)21)5-8(16)6-4-9(17)13(22-3)12(19)11(6)18/h4-5,7,10H,1-3H3,(H,20,21). The first-order valence-corrected chi connectivity index (χ1v) is 6.82. The van der Waals surface area contributed by atoms with Gasteiger partial charge in [-0.05, 0) is 17.4 Å². The summed E-state index contributed by atoms with van der Waals surface area (Å²) in [6.45, 7) is 3.45. The molecule has 1 aromatic rings. The van der Waals surface area contributed by atoms with Crippen LogP contribution in [-0.4, -0.2) is 18.2 Å². The van der Waals surface area contributed by atoms with Crippen molar-refractivity contribution >= 4 is 22.6 Å². The lowest BCUT2D eigenvalue weighted by Gasteiger charge is -2.08. The number of carboxylic acids is 1. The van der Waals surface area contributed by atoms with Crippen LogP contribution in [0.5, 0.6) is 5.75 Å². The number of benzene rings is 1. The minimum absolute atomic E-state index is 0.236. The zero-order valence-electron chi connectivity index (χ0n) is 12.1. The van der Waals surface area contributed by atoms with E-state index in [-0.39, 0.29) is 5.03 Å². The van der Waals surface area contributed by atoms with E-state index < -0.39 is 52.0 Å². The molecule has 1 aliphatic carbocycles. The summed E-state index contributed by atoms with van der Waals surface area (Å²) in [4.78, 5) is 11.1. The summed E-state index contributed by atoms with van der Waals surface area (Å²) in [5, 5.41) is 8.83. The van der Waals surface area contributed by atoms with Gasteiger partial charge < -0.3 is 9.84 Å². The highest BCUT2D eigenvalue weighted by molar-refractivity contribution is 6.48. The van der Waals surface area contributed by atoms with E-state index in [1.54, 1.807) is 13.8 Å². The number of carbonyl (C=O) groups is 1. The first-order chi connectivity index (χ1) is 10.1. The van der Waals surface area contributed by atoms with Crippen LogP contribution in [0.15, 0.2) is 12.1 Å². The topological polar surface area (TPSA) is 46.5 Å². The number of rotatable bonds is 4. The van der Waals surface area contributed by atoms with Crippen molar-refractivity contribution in [3.8, 4) is 5.75 Å². The highest BCUT2D eigenvalue weighted by Crippen LogP contribution is 2.60. The van der Waals surface area contributed by atoms with Crippen LogP contribution in [0.2, 0.25) is 0 Å². The summed E-state index contributed by atoms with van der Waals surface area (Å²) in [6, 6.07) is 0.723. The smallest absolute Gasteiger partial charge is 0.307 e. The van der Waals surface area contributed by atoms with Crippen LogP contribution >= 0.6 is 11.6 Å². The van der Waals surface area contributed by atoms with Gasteiger partial charge in [0.2, 0.25) is 5.82 Å². The van der Waals surface area contributed by atoms with Crippen LogP contribution in [0.25, 0.3) is 5.03 Å². The summed E-state index contributed by atoms with van der Waals surface area (Å²) in [6.07, 6.45) is 1.32. The first kappa shape index (κ1) is 16.7. The minimum atomic E-state index is -1.48. The Morgan fingerprint density at radius 1 is 1.36 bits per heavy atom. The molecule has 1 aliphatic rings. The second-order valence-electron chi connectivity index (χ2n) is 5.74. The molecule has 1 aromatic carbocycles. The largest absolute Gasteiger partial charge is 0.491 e. The Morgan fingerprint density at radius 2 is 1.95 bits per heavy atom. The third kappa shape index (κ3) is 2.56. The van der Waals surface area contributed by atoms with Crippen molar-refractivity contribution in [2.45, 2.75) is 13.8 Å². The number of halogens is 4. The van der Waals surface area contributed by atoms with Crippen LogP contribution in [0, 0.1) is 34.7 Å². The molecule has 7 heteroatoms. The van der Waals surface area contributed by atoms with Crippen molar-refractivity contribution in [2.75, 3.05) is 7.11 Å². The van der Waals surface area contributed by atoms with Crippen LogP contribution in [0.4, 0.5) is 13.2 Å². The molecule has 2 atom stereocenters. The number of hydrogen-bond donors (Lipinski definition) is 1. The van der Waals surface area contributed by atoms with Gasteiger partial charge in [-0.2, -0.15) is 4.39 Å². The van der Waals surface area contributed by atoms with E-state index in [1.165, 1.54) is 6.08 Å². The number of ether oxygens (including phenoxy) is 1. The molecule has 3 nitrogen and oxygen atoms in total. The van der Waals surface area contributed by atoms with Crippen molar-refractivity contribution in [1.29, 1.82) is 0 Å². The SMILES string of the molecule is COc1c(F)cc(C(Cl)=CC2C(C(=O)O)C2(C)C)c(F)c1F. The molecule has 0 aromatic heterocycles. The molecule has 22 heavy (non-hydrogen) atoms. The fourth-order valence-electron chi connectivity index (χ4n) is 2.65. The number of carboxylic acid groups (broad SMARTS) is 1. The second-order valence-corrected chi connectivity index (χ2v) is 6.15. The van der Waals surface area contributed by atoms with Gasteiger partial charge in [-0.3, -0.25) is 4.79 Å². The Bertz CT molecular complexity index is 670. The molecule has 0 spiro atoms. The van der Waals surface area contributed by atoms with Crippen LogP contribution < -0.4 is 4.74 Å². The fourth-order valence-corrected chi connectivity index (χ4v) is 2.92. The maximum Gasteiger partial charge on any atom is 0.307 e. The molecule has 1 saturated carbocycles. The van der Waals surface area contributed by atoms with Crippen LogP contribution in [-0.2, 0) is 4.79 Å². The molecule has 0 heterocycles. The number of allylic oxidation sites excluding steroid dienone is 1. The monoisotopic (exact) mass is 334 g/mol. The molecule has 120 valence electrons. The van der Waals surface area contributed by atoms with E-state index in [2.05, 4.69) is 4.74 Å². The van der Waals surface area contributed by atoms with Gasteiger partial charge in [0.15, 0.2) is 17.4 Å². The lowest BCUT2D eigenvalue weighted by Crippen LogP contribution is -2.03. The average molecular weight is 335 g/mol. The highest BCUT2D eigenvalue weighted by atomic mass is 35.5. The molecule has 0 amide bonds. The molecule has 0 aliphatic heterocycles. The van der Waals surface area contributed by atoms with E-state index in [4.69, 9.17) is 16.7 Å². The molecule has 0 radical (unpaired) electrons. The quantitative estimate of drug-likeness (QED) is 0.845. The van der Waals surface area contributed by atoms with Crippen LogP contribution in [0.1, 0.15) is 19.4 Å². The molecule has 2 unspecified atom stereocenters. The fraction of sp³-hybridized carbons (Fsp3) is 0.400. The summed E-state index contributed by atoms with van der Waals surface area (Å²) >= 11 is 5.94. The highest BCUT2D eigenvalue weighted by Gasteiger charge is 2.61. The Labute approximate surface area is 130 Å². The minimum Gasteiger partial charge on any atom is -0.491 e. The third-order valence-electron chi connectivity index (χ3n) is 4.08. The van der Waals surface area contributed by atoms with Crippen molar-refractivity contribution in [2.24, 2.45) is 17.3 Å². The van der Waals surface area contributed by atoms with Crippen molar-refractivity contribution in [1.82, 2.24) is 0 Å². The maximum absolute atomic E-state index is 13.9.